The number of benzene rings is 3. The zero-order valence-corrected chi connectivity index (χ0v) is 81.6. The van der Waals surface area contributed by atoms with Crippen LogP contribution in [0.5, 0.6) is 11.6 Å². The minimum absolute atomic E-state index is 0.00879. The number of sulfone groups is 4. The fraction of sp³-hybridized carbons (Fsp3) is 0.480. The molecule has 0 spiro atoms. The van der Waals surface area contributed by atoms with Gasteiger partial charge in [0.25, 0.3) is 0 Å². The van der Waals surface area contributed by atoms with Gasteiger partial charge in [-0.25, -0.2) is 47.4 Å². The second-order valence-corrected chi connectivity index (χ2v) is 49.0. The third-order valence-electron chi connectivity index (χ3n) is 26.2. The molecule has 0 amide bonds. The Kier molecular flexibility index (Phi) is 25.5. The number of rotatable bonds is 28. The van der Waals surface area contributed by atoms with Crippen molar-refractivity contribution >= 4 is 107 Å². The monoisotopic (exact) mass is 1900 g/mol. The van der Waals surface area contributed by atoms with Crippen LogP contribution in [0.25, 0.3) is 89.2 Å². The number of alkyl halides is 1. The predicted octanol–water partition coefficient (Wildman–Crippen LogP) is 17.0. The molecule has 18 rings (SSSR count). The molecule has 6 aliphatic rings. The molecule has 13 heterocycles. The number of hydrogen-bond donors (Lipinski definition) is 1. The van der Waals surface area contributed by atoms with E-state index in [9.17, 15) is 66.7 Å². The highest BCUT2D eigenvalue weighted by atomic mass is 32.2. The summed E-state index contributed by atoms with van der Waals surface area (Å²) >= 11 is 0. The Morgan fingerprint density at radius 1 is 0.451 bits per heavy atom. The molecule has 1 atom stereocenters. The molecular weight excluding hydrogens is 1780 g/mol. The van der Waals surface area contributed by atoms with Crippen LogP contribution in [0.4, 0.5) is 8.78 Å². The van der Waals surface area contributed by atoms with Gasteiger partial charge in [0.05, 0.1) is 97.6 Å². The first-order valence-corrected chi connectivity index (χ1v) is 52.0. The van der Waals surface area contributed by atoms with E-state index in [1.54, 1.807) is 93.0 Å². The minimum atomic E-state index is -3.08. The van der Waals surface area contributed by atoms with Crippen LogP contribution in [0.1, 0.15) is 240 Å². The summed E-state index contributed by atoms with van der Waals surface area (Å²) in [5.74, 6) is -0.184. The lowest BCUT2D eigenvalue weighted by Crippen LogP contribution is -2.48. The molecule has 9 aromatic heterocycles. The van der Waals surface area contributed by atoms with Crippen molar-refractivity contribution in [1.29, 1.82) is 0 Å². The number of ether oxygens (including phenoxy) is 3. The van der Waals surface area contributed by atoms with Crippen molar-refractivity contribution in [2.45, 2.75) is 216 Å². The van der Waals surface area contributed by atoms with E-state index in [0.717, 1.165) is 69.2 Å². The average Bonchev–Trinajstić information content (AvgIpc) is 1.45. The van der Waals surface area contributed by atoms with Gasteiger partial charge in [-0.05, 0) is 167 Å². The van der Waals surface area contributed by atoms with Crippen LogP contribution in [0.15, 0.2) is 134 Å². The number of hydrogen-bond acceptors (Lipinski definition) is 25. The van der Waals surface area contributed by atoms with Gasteiger partial charge in [0.15, 0.2) is 68.3 Å². The van der Waals surface area contributed by atoms with Crippen molar-refractivity contribution in [2.75, 3.05) is 59.7 Å². The molecule has 35 heteroatoms. The highest BCUT2D eigenvalue weighted by Crippen LogP contribution is 2.52. The zero-order valence-electron chi connectivity index (χ0n) is 78.3. The van der Waals surface area contributed by atoms with Crippen LogP contribution in [0.2, 0.25) is 0 Å². The second kappa shape index (κ2) is 35.1. The number of ketones is 4. The third-order valence-corrected chi connectivity index (χ3v) is 35.3. The Bertz CT molecular complexity index is 7120. The fourth-order valence-electron chi connectivity index (χ4n) is 18.7. The van der Waals surface area contributed by atoms with Crippen molar-refractivity contribution in [3.05, 3.63) is 173 Å². The van der Waals surface area contributed by atoms with Crippen LogP contribution < -0.4 is 9.47 Å². The van der Waals surface area contributed by atoms with E-state index in [2.05, 4.69) is 87.2 Å². The van der Waals surface area contributed by atoms with Crippen molar-refractivity contribution < 1.29 is 80.9 Å². The van der Waals surface area contributed by atoms with Gasteiger partial charge >= 0.3 is 0 Å². The van der Waals surface area contributed by atoms with E-state index in [4.69, 9.17) is 29.5 Å². The molecule has 706 valence electrons. The molecule has 2 aliphatic carbocycles. The highest BCUT2D eigenvalue weighted by Gasteiger charge is 2.51. The van der Waals surface area contributed by atoms with Crippen LogP contribution >= 0.6 is 0 Å². The Labute approximate surface area is 773 Å². The van der Waals surface area contributed by atoms with E-state index in [-0.39, 0.29) is 135 Å². The normalized spacial score (nSPS) is 18.8. The molecule has 0 radical (unpaired) electrons. The van der Waals surface area contributed by atoms with E-state index >= 15 is 0 Å². The summed E-state index contributed by atoms with van der Waals surface area (Å²) in [6, 6.07) is 32.4. The Morgan fingerprint density at radius 3 is 1.15 bits per heavy atom. The maximum absolute atomic E-state index is 14.6. The largest absolute Gasteiger partial charge is 0.478 e. The van der Waals surface area contributed by atoms with Gasteiger partial charge in [0.1, 0.15) is 50.6 Å². The highest BCUT2D eigenvalue weighted by molar-refractivity contribution is 7.93. The standard InChI is InChI=1S/C26H32FN3O5S.C25H29N3O4S.C25H29N3O3S.C22H25FN4O4S/c1-16(27)35-19-9-7-8-17(10-19)22-23-20(30(29-22)24(2,3)25(4,5)32)11-18(13-28-23)21(31)12-26(6)14-36(33,34)15-26;1-16(2)28-20-11-18(21(29)12-24(3)14-33(30,31)15-24)13-26-23(20)22(27-28)17-6-5-7-19(10-17)25(32-4)8-9-25;1-16(2)28-20-11-18(21(29)12-24(3)14-32(30,31)15-24)13-26-23(20)22(27-28)17-6-5-7-19(10-17)25(4)8-9-25;1-5-31-19-7-15(16(23)10-24-19)20-21-17(27(26-20)13(2)3)6-14(9-25-21)18(28)8-22(4)11-32(29,30)12-22/h7-11,13,16,32H,12,14-15H2,1-6H3;5-7,10-11,13,16H,8-9,12,14-15H2,1-4H3;5-7,10-11,13,16H,8-9,12,14-15H2,1-4H3;6-7,9-10,13H,5,8,11-12H2,1-4H3. The molecule has 133 heavy (non-hydrogen) atoms. The SMILES string of the molecule is CC(C)n1nc(-c2cccc(C3(C)CC3)c2)c2ncc(C(=O)CC3(C)CS(=O)(=O)C3)cc21.CC(F)Oc1cccc(-c2nn(C(C)(C)C(C)(C)O)c3cc(C(=O)CC4(C)CS(=O)(=O)C4)cnc23)c1.CCOc1cc(-c2nn(C(C)C)c3cc(C(=O)CC4(C)CS(=O)(=O)C4)cnc23)c(F)cn1.COC1(c2cccc(-c3nn(C(C)C)c4cc(C(=O)CC5(C)CS(=O)(=O)C5)cnc34)c2)CC1. The summed E-state index contributed by atoms with van der Waals surface area (Å²) < 4.78 is 145. The first-order chi connectivity index (χ1) is 62.1. The number of fused-ring (bicyclic) bond motifs is 4. The van der Waals surface area contributed by atoms with Crippen LogP contribution in [-0.2, 0) is 60.6 Å². The van der Waals surface area contributed by atoms with E-state index in [1.807, 2.05) is 95.9 Å². The van der Waals surface area contributed by atoms with Gasteiger partial charge in [-0.1, -0.05) is 83.1 Å². The quantitative estimate of drug-likeness (QED) is 0.0445. The summed E-state index contributed by atoms with van der Waals surface area (Å²) in [6.45, 7) is 32.2. The number of aromatic nitrogens is 13. The Hall–Kier alpha value is -10.9. The number of pyridine rings is 5. The topological polar surface area (TPSA) is 388 Å². The van der Waals surface area contributed by atoms with Gasteiger partial charge in [-0.2, -0.15) is 20.4 Å². The predicted molar refractivity (Wildman–Crippen MR) is 506 cm³/mol. The van der Waals surface area contributed by atoms with Gasteiger partial charge in [-0.15, -0.1) is 0 Å². The number of Topliss-reactive ketones (excluding diaryl/α,β-unsaturated/α-hetero) is 4. The lowest BCUT2D eigenvalue weighted by atomic mass is 9.85. The summed E-state index contributed by atoms with van der Waals surface area (Å²) in [7, 11) is -10.4. The van der Waals surface area contributed by atoms with Crippen molar-refractivity contribution in [3.63, 3.8) is 0 Å². The summed E-state index contributed by atoms with van der Waals surface area (Å²) in [4.78, 5) is 74.2. The van der Waals surface area contributed by atoms with Crippen molar-refractivity contribution in [2.24, 2.45) is 21.7 Å². The van der Waals surface area contributed by atoms with Crippen LogP contribution in [0, 0.1) is 27.5 Å². The number of nitrogens with zero attached hydrogens (tertiary/aromatic N) is 13. The third kappa shape index (κ3) is 20.3. The van der Waals surface area contributed by atoms with Gasteiger partial charge in [-0.3, -0.25) is 57.8 Å². The molecule has 0 bridgehead atoms. The molecule has 4 saturated heterocycles. The Balaban J connectivity index is 0.000000136. The number of carbonyl (C=O) groups excluding carboxylic acids is 4. The summed E-state index contributed by atoms with van der Waals surface area (Å²) in [5.41, 5.74) is 10.7. The first kappa shape index (κ1) is 96.7. The van der Waals surface area contributed by atoms with Gasteiger partial charge in [0, 0.05) is 155 Å². The molecule has 1 unspecified atom stereocenters. The van der Waals surface area contributed by atoms with Crippen molar-refractivity contribution in [3.8, 4) is 56.7 Å². The molecule has 29 nitrogen and oxygen atoms in total. The van der Waals surface area contributed by atoms with Gasteiger partial charge < -0.3 is 19.3 Å². The summed E-state index contributed by atoms with van der Waals surface area (Å²) in [5, 5.41) is 30.1. The molecule has 2 saturated carbocycles. The maximum atomic E-state index is 14.6. The number of carbonyl (C=O) groups is 4. The van der Waals surface area contributed by atoms with E-state index in [0.29, 0.717) is 73.6 Å². The Morgan fingerprint density at radius 2 is 0.797 bits per heavy atom. The lowest BCUT2D eigenvalue weighted by molar-refractivity contribution is -0.0299. The number of halogens is 2. The smallest absolute Gasteiger partial charge is 0.235 e. The zero-order chi connectivity index (χ0) is 96.4. The second-order valence-electron chi connectivity index (χ2n) is 40.7. The maximum Gasteiger partial charge on any atom is 0.235 e. The summed E-state index contributed by atoms with van der Waals surface area (Å²) in [6.07, 6.45) is 10.8. The van der Waals surface area contributed by atoms with Crippen LogP contribution in [-0.4, -0.2) is 198 Å². The lowest BCUT2D eigenvalue weighted by Gasteiger charge is -2.38. The molecule has 1 N–H and O–H groups in total. The number of aliphatic hydroxyl groups is 1. The van der Waals surface area contributed by atoms with Gasteiger partial charge in [0.2, 0.25) is 12.2 Å². The molecule has 12 aromatic rings. The van der Waals surface area contributed by atoms with Crippen molar-refractivity contribution in [1.82, 2.24) is 64.0 Å². The van der Waals surface area contributed by atoms with E-state index < -0.39 is 84.3 Å². The average molecular weight is 1900 g/mol. The fourth-order valence-corrected chi connectivity index (χ4v) is 27.6. The first-order valence-electron chi connectivity index (χ1n) is 44.7. The minimum Gasteiger partial charge on any atom is -0.478 e. The van der Waals surface area contributed by atoms with E-state index in [1.165, 1.54) is 43.8 Å². The molecule has 4 aliphatic heterocycles. The van der Waals surface area contributed by atoms with Crippen LogP contribution in [0.3, 0.4) is 0 Å². The molecular formula is C98H115F2N13O16S4. The molecule has 3 aromatic carbocycles. The number of methoxy groups -OCH3 is 1. The molecule has 6 fully saturated rings.